The number of aliphatic hydroxyl groups is 1. The number of nitrogens with one attached hydrogen (secondary N) is 1. The van der Waals surface area contributed by atoms with Crippen molar-refractivity contribution in [2.75, 3.05) is 22.5 Å². The molecule has 34 heavy (non-hydrogen) atoms. The zero-order valence-electron chi connectivity index (χ0n) is 18.7. The predicted molar refractivity (Wildman–Crippen MR) is 126 cm³/mol. The highest BCUT2D eigenvalue weighted by atomic mass is 32.2. The van der Waals surface area contributed by atoms with Crippen LogP contribution in [0.3, 0.4) is 0 Å². The molecule has 4 heterocycles. The summed E-state index contributed by atoms with van der Waals surface area (Å²) in [6.07, 6.45) is 4.35. The molecule has 1 atom stereocenters. The third-order valence-electron chi connectivity index (χ3n) is 6.82. The highest BCUT2D eigenvalue weighted by molar-refractivity contribution is 7.85. The molecule has 1 aliphatic carbocycles. The topological polar surface area (TPSA) is 104 Å². The Morgan fingerprint density at radius 2 is 1.85 bits per heavy atom. The molecule has 8 nitrogen and oxygen atoms in total. The SMILES string of the molecule is O=[S@]1CCc2nc(N3CCc4oc(-c5ccc(F)cc5)nc4C3)nc(NC3CCC(O)CC3)c21. The van der Waals surface area contributed by atoms with Gasteiger partial charge in [0.2, 0.25) is 11.8 Å². The first kappa shape index (κ1) is 21.7. The van der Waals surface area contributed by atoms with Gasteiger partial charge in [0, 0.05) is 36.7 Å². The second-order valence-corrected chi connectivity index (χ2v) is 10.7. The van der Waals surface area contributed by atoms with E-state index in [2.05, 4.69) is 15.2 Å². The van der Waals surface area contributed by atoms with E-state index >= 15 is 0 Å². The number of nitrogens with zero attached hydrogens (tertiary/aromatic N) is 4. The van der Waals surface area contributed by atoms with Crippen molar-refractivity contribution in [1.82, 2.24) is 15.0 Å². The lowest BCUT2D eigenvalue weighted by Crippen LogP contribution is -2.33. The maximum Gasteiger partial charge on any atom is 0.227 e. The molecule has 3 aromatic rings. The third kappa shape index (κ3) is 4.09. The van der Waals surface area contributed by atoms with Gasteiger partial charge < -0.3 is 19.7 Å². The molecule has 2 N–H and O–H groups in total. The van der Waals surface area contributed by atoms with Crippen LogP contribution >= 0.6 is 0 Å². The number of rotatable bonds is 4. The quantitative estimate of drug-likeness (QED) is 0.583. The van der Waals surface area contributed by atoms with Gasteiger partial charge in [-0.2, -0.15) is 4.98 Å². The Balaban J connectivity index is 1.27. The standard InChI is InChI=1S/C24H26FN5O3S/c25-15-3-1-14(2-4-15)23-27-19-13-30(11-9-20(19)33-23)24-28-18-10-12-34(32)21(18)22(29-24)26-16-5-7-17(31)8-6-16/h1-4,16-17,31H,5-13H2,(H,26,28,29)/t16?,17?,34-/m0/s1. The fourth-order valence-electron chi connectivity index (χ4n) is 4.92. The van der Waals surface area contributed by atoms with Gasteiger partial charge in [0.1, 0.15) is 28.0 Å². The van der Waals surface area contributed by atoms with Crippen molar-refractivity contribution in [3.63, 3.8) is 0 Å². The van der Waals surface area contributed by atoms with Crippen molar-refractivity contribution >= 4 is 22.6 Å². The Hall–Kier alpha value is -2.85. The summed E-state index contributed by atoms with van der Waals surface area (Å²) >= 11 is 0. The lowest BCUT2D eigenvalue weighted by atomic mass is 9.93. The Morgan fingerprint density at radius 3 is 2.65 bits per heavy atom. The number of hydrogen-bond donors (Lipinski definition) is 2. The van der Waals surface area contributed by atoms with E-state index in [0.717, 1.165) is 53.3 Å². The minimum Gasteiger partial charge on any atom is -0.441 e. The molecule has 0 saturated heterocycles. The van der Waals surface area contributed by atoms with Gasteiger partial charge in [-0.1, -0.05) is 0 Å². The summed E-state index contributed by atoms with van der Waals surface area (Å²) in [4.78, 5) is 17.1. The molecule has 0 radical (unpaired) electrons. The number of anilines is 2. The van der Waals surface area contributed by atoms with E-state index in [9.17, 15) is 13.7 Å². The largest absolute Gasteiger partial charge is 0.441 e. The number of benzene rings is 1. The minimum absolute atomic E-state index is 0.203. The minimum atomic E-state index is -1.10. The van der Waals surface area contributed by atoms with Crippen LogP contribution in [-0.4, -0.2) is 48.7 Å². The summed E-state index contributed by atoms with van der Waals surface area (Å²) in [5.74, 6) is 2.86. The van der Waals surface area contributed by atoms with Gasteiger partial charge >= 0.3 is 0 Å². The Kier molecular flexibility index (Phi) is 5.57. The van der Waals surface area contributed by atoms with E-state index in [0.29, 0.717) is 49.3 Å². The lowest BCUT2D eigenvalue weighted by Gasteiger charge is -2.29. The fraction of sp³-hybridized carbons (Fsp3) is 0.458. The molecule has 10 heteroatoms. The fourth-order valence-corrected chi connectivity index (χ4v) is 6.24. The summed E-state index contributed by atoms with van der Waals surface area (Å²) in [5, 5.41) is 13.3. The van der Waals surface area contributed by atoms with E-state index in [-0.39, 0.29) is 18.0 Å². The number of oxazole rings is 1. The second kappa shape index (κ2) is 8.74. The van der Waals surface area contributed by atoms with Gasteiger partial charge in [-0.15, -0.1) is 0 Å². The van der Waals surface area contributed by atoms with Gasteiger partial charge in [-0.3, -0.25) is 4.21 Å². The summed E-state index contributed by atoms with van der Waals surface area (Å²) in [6.45, 7) is 1.19. The number of fused-ring (bicyclic) bond motifs is 2. The van der Waals surface area contributed by atoms with Crippen LogP contribution in [0.4, 0.5) is 16.2 Å². The average molecular weight is 484 g/mol. The molecule has 2 aliphatic heterocycles. The van der Waals surface area contributed by atoms with Gasteiger partial charge in [-0.25, -0.2) is 14.4 Å². The zero-order chi connectivity index (χ0) is 23.2. The predicted octanol–water partition coefficient (Wildman–Crippen LogP) is 3.21. The van der Waals surface area contributed by atoms with Gasteiger partial charge in [0.05, 0.1) is 29.1 Å². The molecular weight excluding hydrogens is 457 g/mol. The maximum absolute atomic E-state index is 13.3. The van der Waals surface area contributed by atoms with Gasteiger partial charge in [-0.05, 0) is 49.9 Å². The summed E-state index contributed by atoms with van der Waals surface area (Å²) < 4.78 is 31.9. The monoisotopic (exact) mass is 483 g/mol. The molecule has 3 aliphatic rings. The van der Waals surface area contributed by atoms with E-state index in [1.807, 2.05) is 0 Å². The normalized spacial score (nSPS) is 24.1. The van der Waals surface area contributed by atoms with Crippen LogP contribution in [0, 0.1) is 5.82 Å². The molecule has 2 aromatic heterocycles. The molecule has 1 saturated carbocycles. The Bertz CT molecular complexity index is 1240. The second-order valence-electron chi connectivity index (χ2n) is 9.16. The van der Waals surface area contributed by atoms with E-state index in [1.165, 1.54) is 12.1 Å². The first-order valence-corrected chi connectivity index (χ1v) is 13.1. The van der Waals surface area contributed by atoms with Crippen molar-refractivity contribution in [3.8, 4) is 11.5 Å². The van der Waals surface area contributed by atoms with E-state index in [1.54, 1.807) is 12.1 Å². The molecule has 178 valence electrons. The number of aliphatic hydroxyl groups excluding tert-OH is 1. The highest BCUT2D eigenvalue weighted by Gasteiger charge is 2.31. The molecule has 0 bridgehead atoms. The zero-order valence-corrected chi connectivity index (χ0v) is 19.5. The molecule has 0 unspecified atom stereocenters. The first-order chi connectivity index (χ1) is 16.5. The number of aromatic nitrogens is 3. The molecule has 6 rings (SSSR count). The summed E-state index contributed by atoms with van der Waals surface area (Å²) in [6, 6.07) is 6.32. The van der Waals surface area contributed by atoms with Crippen molar-refractivity contribution in [3.05, 3.63) is 47.2 Å². The summed E-state index contributed by atoms with van der Waals surface area (Å²) in [7, 11) is -1.10. The van der Waals surface area contributed by atoms with Crippen LogP contribution in [0.1, 0.15) is 42.8 Å². The van der Waals surface area contributed by atoms with Crippen LogP contribution in [0.25, 0.3) is 11.5 Å². The number of hydrogen-bond acceptors (Lipinski definition) is 8. The smallest absolute Gasteiger partial charge is 0.227 e. The van der Waals surface area contributed by atoms with Crippen LogP contribution in [0.2, 0.25) is 0 Å². The summed E-state index contributed by atoms with van der Waals surface area (Å²) in [5.41, 5.74) is 2.41. The van der Waals surface area contributed by atoms with Crippen LogP contribution in [0.15, 0.2) is 33.6 Å². The van der Waals surface area contributed by atoms with Gasteiger partial charge in [0.25, 0.3) is 0 Å². The number of aryl methyl sites for hydroxylation is 1. The Labute approximate surface area is 199 Å². The van der Waals surface area contributed by atoms with E-state index < -0.39 is 10.8 Å². The molecular formula is C24H26FN5O3S. The van der Waals surface area contributed by atoms with Crippen LogP contribution in [-0.2, 0) is 30.2 Å². The van der Waals surface area contributed by atoms with Crippen molar-refractivity contribution < 1.29 is 18.1 Å². The molecule has 0 amide bonds. The van der Waals surface area contributed by atoms with Crippen molar-refractivity contribution in [2.24, 2.45) is 0 Å². The van der Waals surface area contributed by atoms with Crippen LogP contribution < -0.4 is 10.2 Å². The highest BCUT2D eigenvalue weighted by Crippen LogP contribution is 2.34. The van der Waals surface area contributed by atoms with Crippen molar-refractivity contribution in [1.29, 1.82) is 0 Å². The number of halogens is 1. The lowest BCUT2D eigenvalue weighted by molar-refractivity contribution is 0.126. The van der Waals surface area contributed by atoms with Crippen molar-refractivity contribution in [2.45, 2.75) is 62.1 Å². The third-order valence-corrected chi connectivity index (χ3v) is 8.27. The molecule has 0 spiro atoms. The molecule has 1 fully saturated rings. The average Bonchev–Trinajstić information content (AvgIpc) is 3.44. The molecule has 1 aromatic carbocycles. The van der Waals surface area contributed by atoms with Crippen LogP contribution in [0.5, 0.6) is 0 Å². The van der Waals surface area contributed by atoms with Gasteiger partial charge in [0.15, 0.2) is 0 Å². The Morgan fingerprint density at radius 1 is 1.06 bits per heavy atom. The van der Waals surface area contributed by atoms with E-state index in [4.69, 9.17) is 14.4 Å². The first-order valence-electron chi connectivity index (χ1n) is 11.8. The maximum atomic E-state index is 13.3.